The number of esters is 3. The highest BCUT2D eigenvalue weighted by atomic mass is 16.6. The number of urea groups is 2. The van der Waals surface area contributed by atoms with Gasteiger partial charge in [0.15, 0.2) is 0 Å². The second kappa shape index (κ2) is 13.7. The predicted molar refractivity (Wildman–Crippen MR) is 114 cm³/mol. The third kappa shape index (κ3) is 10.5. The Kier molecular flexibility index (Phi) is 10.4. The Hall–Kier alpha value is -3.30. The molecule has 36 heavy (non-hydrogen) atoms. The molecule has 3 fully saturated rings. The Balaban J connectivity index is 1.48. The van der Waals surface area contributed by atoms with Gasteiger partial charge >= 0.3 is 30.0 Å². The zero-order valence-corrected chi connectivity index (χ0v) is 19.6. The van der Waals surface area contributed by atoms with E-state index in [1.807, 2.05) is 0 Å². The van der Waals surface area contributed by atoms with Gasteiger partial charge in [0.1, 0.15) is 38.1 Å². The van der Waals surface area contributed by atoms with Crippen molar-refractivity contribution in [1.29, 1.82) is 0 Å². The summed E-state index contributed by atoms with van der Waals surface area (Å²) in [5, 5.41) is 2.38. The van der Waals surface area contributed by atoms with E-state index in [2.05, 4.69) is 5.32 Å². The number of imide groups is 2. The summed E-state index contributed by atoms with van der Waals surface area (Å²) in [7, 11) is 0. The molecule has 3 saturated heterocycles. The first-order valence-corrected chi connectivity index (χ1v) is 11.5. The van der Waals surface area contributed by atoms with Crippen LogP contribution < -0.4 is 5.32 Å². The number of carbonyl (C=O) groups excluding carboxylic acids is 6. The lowest BCUT2D eigenvalue weighted by Crippen LogP contribution is -2.51. The summed E-state index contributed by atoms with van der Waals surface area (Å²) in [5.74, 6) is -1.90. The maximum absolute atomic E-state index is 12.9. The molecule has 3 aliphatic heterocycles. The number of epoxide rings is 3. The number of rotatable bonds is 16. The number of hydrogen-bond acceptors (Lipinski definition) is 12. The molecule has 15 heteroatoms. The standard InChI is InChI=1S/C21H29N3O12/c25-13-23(5-2-18(27)35-11-15-8-32-15)21(30)24(6-3-19(28)36-12-16-9-33-16)20(29)22-4-1-17(26)34-10-14-7-31-14/h13-16H,1-12H2,(H,22,29). The summed E-state index contributed by atoms with van der Waals surface area (Å²) in [6.45, 7) is 0.843. The molecule has 0 bridgehead atoms. The largest absolute Gasteiger partial charge is 0.463 e. The van der Waals surface area contributed by atoms with E-state index in [4.69, 9.17) is 28.4 Å². The van der Waals surface area contributed by atoms with E-state index in [0.29, 0.717) is 29.6 Å². The van der Waals surface area contributed by atoms with Gasteiger partial charge in [-0.2, -0.15) is 0 Å². The minimum Gasteiger partial charge on any atom is -0.463 e. The first-order chi connectivity index (χ1) is 17.4. The van der Waals surface area contributed by atoms with Crippen LogP contribution in [-0.2, 0) is 47.6 Å². The summed E-state index contributed by atoms with van der Waals surface area (Å²) >= 11 is 0. The molecule has 0 aliphatic carbocycles. The van der Waals surface area contributed by atoms with Crippen molar-refractivity contribution >= 4 is 36.4 Å². The molecule has 1 N–H and O–H groups in total. The summed E-state index contributed by atoms with van der Waals surface area (Å²) in [4.78, 5) is 73.8. The fourth-order valence-electron chi connectivity index (χ4n) is 2.68. The minimum absolute atomic E-state index is 0.0570. The van der Waals surface area contributed by atoms with Crippen molar-refractivity contribution < 1.29 is 57.2 Å². The van der Waals surface area contributed by atoms with Crippen molar-refractivity contribution in [2.75, 3.05) is 59.3 Å². The van der Waals surface area contributed by atoms with Gasteiger partial charge in [-0.25, -0.2) is 14.5 Å². The lowest BCUT2D eigenvalue weighted by atomic mass is 10.3. The maximum atomic E-state index is 12.9. The Morgan fingerprint density at radius 3 is 1.64 bits per heavy atom. The number of ether oxygens (including phenoxy) is 6. The van der Waals surface area contributed by atoms with Gasteiger partial charge in [0.05, 0.1) is 39.1 Å². The smallest absolute Gasteiger partial charge is 0.334 e. The van der Waals surface area contributed by atoms with E-state index in [9.17, 15) is 28.8 Å². The fourth-order valence-corrected chi connectivity index (χ4v) is 2.68. The molecule has 0 aromatic rings. The van der Waals surface area contributed by atoms with E-state index in [-0.39, 0.29) is 76.9 Å². The Morgan fingerprint density at radius 1 is 0.750 bits per heavy atom. The van der Waals surface area contributed by atoms with Crippen LogP contribution in [0.3, 0.4) is 0 Å². The zero-order valence-electron chi connectivity index (χ0n) is 19.6. The van der Waals surface area contributed by atoms with Gasteiger partial charge in [-0.1, -0.05) is 0 Å². The zero-order chi connectivity index (χ0) is 25.9. The van der Waals surface area contributed by atoms with E-state index in [1.165, 1.54) is 0 Å². The molecule has 3 heterocycles. The molecule has 3 rings (SSSR count). The molecular formula is C21H29N3O12. The van der Waals surface area contributed by atoms with E-state index in [1.54, 1.807) is 0 Å². The van der Waals surface area contributed by atoms with Gasteiger partial charge in [-0.05, 0) is 0 Å². The van der Waals surface area contributed by atoms with E-state index in [0.717, 1.165) is 0 Å². The van der Waals surface area contributed by atoms with Crippen LogP contribution in [0.1, 0.15) is 19.3 Å². The molecule has 5 amide bonds. The lowest BCUT2D eigenvalue weighted by molar-refractivity contribution is -0.145. The van der Waals surface area contributed by atoms with E-state index < -0.39 is 36.5 Å². The normalized spacial score (nSPS) is 20.9. The molecule has 3 aliphatic rings. The molecule has 0 spiro atoms. The predicted octanol–water partition coefficient (Wildman–Crippen LogP) is -1.43. The number of nitrogens with zero attached hydrogens (tertiary/aromatic N) is 2. The maximum Gasteiger partial charge on any atom is 0.334 e. The van der Waals surface area contributed by atoms with Gasteiger partial charge in [-0.3, -0.25) is 24.1 Å². The molecule has 0 radical (unpaired) electrons. The van der Waals surface area contributed by atoms with Crippen LogP contribution in [0.25, 0.3) is 0 Å². The van der Waals surface area contributed by atoms with Crippen molar-refractivity contribution in [2.24, 2.45) is 0 Å². The third-order valence-electron chi connectivity index (χ3n) is 5.05. The highest BCUT2D eigenvalue weighted by molar-refractivity contribution is 5.98. The molecule has 3 unspecified atom stereocenters. The van der Waals surface area contributed by atoms with Crippen LogP contribution >= 0.6 is 0 Å². The quantitative estimate of drug-likeness (QED) is 0.109. The monoisotopic (exact) mass is 515 g/mol. The van der Waals surface area contributed by atoms with Crippen molar-refractivity contribution in [3.05, 3.63) is 0 Å². The minimum atomic E-state index is -1.06. The fraction of sp³-hybridized carbons (Fsp3) is 0.714. The van der Waals surface area contributed by atoms with Gasteiger partial charge < -0.3 is 33.7 Å². The first kappa shape index (κ1) is 27.3. The van der Waals surface area contributed by atoms with Crippen LogP contribution in [0.5, 0.6) is 0 Å². The van der Waals surface area contributed by atoms with Crippen molar-refractivity contribution in [3.8, 4) is 0 Å². The Labute approximate surface area is 206 Å². The highest BCUT2D eigenvalue weighted by Crippen LogP contribution is 2.11. The second-order valence-corrected chi connectivity index (χ2v) is 8.13. The molecule has 0 aromatic carbocycles. The third-order valence-corrected chi connectivity index (χ3v) is 5.05. The van der Waals surface area contributed by atoms with Crippen LogP contribution in [0.2, 0.25) is 0 Å². The summed E-state index contributed by atoms with van der Waals surface area (Å²) in [6, 6.07) is -2.01. The lowest BCUT2D eigenvalue weighted by Gasteiger charge is -2.25. The number of carbonyl (C=O) groups is 6. The van der Waals surface area contributed by atoms with Gasteiger partial charge in [0, 0.05) is 19.6 Å². The van der Waals surface area contributed by atoms with Crippen LogP contribution in [-0.4, -0.2) is 124 Å². The average Bonchev–Trinajstić information content (AvgIpc) is 3.71. The molecular weight excluding hydrogens is 486 g/mol. The van der Waals surface area contributed by atoms with Gasteiger partial charge in [0.2, 0.25) is 6.41 Å². The van der Waals surface area contributed by atoms with Crippen LogP contribution in [0.4, 0.5) is 9.59 Å². The SMILES string of the molecule is O=CN(CCC(=O)OCC1CO1)C(=O)N(CCC(=O)OCC1CO1)C(=O)NCCC(=O)OCC1CO1. The van der Waals surface area contributed by atoms with Gasteiger partial charge in [0.25, 0.3) is 0 Å². The number of amides is 5. The van der Waals surface area contributed by atoms with Crippen LogP contribution in [0, 0.1) is 0 Å². The molecule has 200 valence electrons. The molecule has 3 atom stereocenters. The van der Waals surface area contributed by atoms with Crippen molar-refractivity contribution in [3.63, 3.8) is 0 Å². The number of hydrogen-bond donors (Lipinski definition) is 1. The second-order valence-electron chi connectivity index (χ2n) is 8.13. The molecule has 15 nitrogen and oxygen atoms in total. The van der Waals surface area contributed by atoms with Crippen molar-refractivity contribution in [2.45, 2.75) is 37.6 Å². The van der Waals surface area contributed by atoms with Crippen LogP contribution in [0.15, 0.2) is 0 Å². The van der Waals surface area contributed by atoms with Gasteiger partial charge in [-0.15, -0.1) is 0 Å². The average molecular weight is 515 g/mol. The summed E-state index contributed by atoms with van der Waals surface area (Å²) < 4.78 is 29.7. The van der Waals surface area contributed by atoms with Crippen molar-refractivity contribution in [1.82, 2.24) is 15.1 Å². The first-order valence-electron chi connectivity index (χ1n) is 11.5. The summed E-state index contributed by atoms with van der Waals surface area (Å²) in [5.41, 5.74) is 0. The number of nitrogens with one attached hydrogen (secondary N) is 1. The topological polar surface area (TPSA) is 186 Å². The van der Waals surface area contributed by atoms with E-state index >= 15 is 0 Å². The Bertz CT molecular complexity index is 825. The molecule has 0 aromatic heterocycles. The summed E-state index contributed by atoms with van der Waals surface area (Å²) in [6.07, 6.45) is -1.03. The molecule has 0 saturated carbocycles. The Morgan fingerprint density at radius 2 is 1.19 bits per heavy atom. The highest BCUT2D eigenvalue weighted by Gasteiger charge is 2.30.